The molecule has 0 aliphatic heterocycles. The number of nitrogens with zero attached hydrogens (tertiary/aromatic N) is 2. The van der Waals surface area contributed by atoms with E-state index in [1.54, 1.807) is 31.0 Å². The van der Waals surface area contributed by atoms with Crippen molar-refractivity contribution in [3.63, 3.8) is 0 Å². The van der Waals surface area contributed by atoms with Crippen molar-refractivity contribution in [1.29, 1.82) is 0 Å². The molecule has 0 aliphatic rings. The lowest BCUT2D eigenvalue weighted by Gasteiger charge is -2.25. The van der Waals surface area contributed by atoms with Crippen LogP contribution >= 0.6 is 15.9 Å². The first-order chi connectivity index (χ1) is 7.01. The largest absolute Gasteiger partial charge is 0.468 e. The van der Waals surface area contributed by atoms with Crippen LogP contribution in [0.25, 0.3) is 0 Å². The van der Waals surface area contributed by atoms with Gasteiger partial charge in [-0.25, -0.2) is 4.79 Å². The van der Waals surface area contributed by atoms with Crippen molar-refractivity contribution in [3.8, 4) is 0 Å². The molecular formula is C9H14BrN3O2. The van der Waals surface area contributed by atoms with Gasteiger partial charge >= 0.3 is 5.97 Å². The third-order valence-electron chi connectivity index (χ3n) is 2.27. The van der Waals surface area contributed by atoms with E-state index < -0.39 is 5.54 Å². The number of carbonyl (C=O) groups is 1. The number of ether oxygens (including phenoxy) is 1. The number of likely N-dealkylation sites (N-methyl/N-ethyl adjacent to an activating group) is 1. The summed E-state index contributed by atoms with van der Waals surface area (Å²) in [6.45, 7) is 2.19. The van der Waals surface area contributed by atoms with E-state index in [-0.39, 0.29) is 5.97 Å². The molecule has 0 aromatic carbocycles. The topological polar surface area (TPSA) is 56.2 Å². The van der Waals surface area contributed by atoms with Crippen LogP contribution in [-0.4, -0.2) is 35.4 Å². The Morgan fingerprint density at radius 3 is 2.87 bits per heavy atom. The van der Waals surface area contributed by atoms with E-state index in [1.807, 2.05) is 0 Å². The Hall–Kier alpha value is -0.880. The van der Waals surface area contributed by atoms with Crippen molar-refractivity contribution in [2.45, 2.75) is 19.0 Å². The molecule has 1 unspecified atom stereocenters. The lowest BCUT2D eigenvalue weighted by atomic mass is 10.0. The zero-order valence-electron chi connectivity index (χ0n) is 8.95. The van der Waals surface area contributed by atoms with Crippen LogP contribution in [0.2, 0.25) is 0 Å². The van der Waals surface area contributed by atoms with Crippen LogP contribution in [-0.2, 0) is 16.1 Å². The fourth-order valence-corrected chi connectivity index (χ4v) is 1.55. The average molecular weight is 276 g/mol. The summed E-state index contributed by atoms with van der Waals surface area (Å²) in [5.41, 5.74) is -0.764. The molecule has 0 saturated heterocycles. The summed E-state index contributed by atoms with van der Waals surface area (Å²) in [5.74, 6) is -0.309. The monoisotopic (exact) mass is 275 g/mol. The molecule has 1 rings (SSSR count). The van der Waals surface area contributed by atoms with Gasteiger partial charge in [-0.1, -0.05) is 0 Å². The summed E-state index contributed by atoms with van der Waals surface area (Å²) < 4.78 is 7.29. The second-order valence-electron chi connectivity index (χ2n) is 3.43. The molecule has 5 nitrogen and oxygen atoms in total. The minimum Gasteiger partial charge on any atom is -0.468 e. The number of nitrogens with one attached hydrogen (secondary N) is 1. The second kappa shape index (κ2) is 4.76. The van der Waals surface area contributed by atoms with Gasteiger partial charge in [-0.3, -0.25) is 4.68 Å². The van der Waals surface area contributed by atoms with E-state index in [0.717, 1.165) is 4.47 Å². The van der Waals surface area contributed by atoms with Crippen LogP contribution in [0.15, 0.2) is 16.9 Å². The molecule has 15 heavy (non-hydrogen) atoms. The van der Waals surface area contributed by atoms with Gasteiger partial charge in [-0.2, -0.15) is 5.10 Å². The highest BCUT2D eigenvalue weighted by atomic mass is 79.9. The van der Waals surface area contributed by atoms with Gasteiger partial charge in [0.25, 0.3) is 0 Å². The molecule has 0 amide bonds. The van der Waals surface area contributed by atoms with Crippen molar-refractivity contribution in [1.82, 2.24) is 15.1 Å². The van der Waals surface area contributed by atoms with Crippen LogP contribution in [0.1, 0.15) is 6.92 Å². The molecule has 6 heteroatoms. The third kappa shape index (κ3) is 2.79. The number of esters is 1. The number of halogens is 1. The van der Waals surface area contributed by atoms with Crippen molar-refractivity contribution in [3.05, 3.63) is 16.9 Å². The third-order valence-corrected chi connectivity index (χ3v) is 2.68. The standard InChI is InChI=1S/C9H14BrN3O2/c1-9(11-2,8(14)15-3)6-13-5-7(10)4-12-13/h4-5,11H,6H2,1-3H3. The highest BCUT2D eigenvalue weighted by Gasteiger charge is 2.33. The van der Waals surface area contributed by atoms with Crippen molar-refractivity contribution >= 4 is 21.9 Å². The quantitative estimate of drug-likeness (QED) is 0.826. The highest BCUT2D eigenvalue weighted by Crippen LogP contribution is 2.12. The fraction of sp³-hybridized carbons (Fsp3) is 0.556. The van der Waals surface area contributed by atoms with Gasteiger partial charge in [0.15, 0.2) is 0 Å². The minimum atomic E-state index is -0.764. The predicted octanol–water partition coefficient (Wildman–Crippen LogP) is 0.797. The molecule has 0 radical (unpaired) electrons. The van der Waals surface area contributed by atoms with E-state index in [0.29, 0.717) is 6.54 Å². The van der Waals surface area contributed by atoms with Gasteiger partial charge < -0.3 is 10.1 Å². The Balaban J connectivity index is 2.80. The van der Waals surface area contributed by atoms with Gasteiger partial charge in [-0.05, 0) is 29.9 Å². The van der Waals surface area contributed by atoms with E-state index >= 15 is 0 Å². The zero-order chi connectivity index (χ0) is 11.5. The van der Waals surface area contributed by atoms with Crippen LogP contribution in [0.5, 0.6) is 0 Å². The number of aromatic nitrogens is 2. The van der Waals surface area contributed by atoms with Crippen LogP contribution in [0, 0.1) is 0 Å². The smallest absolute Gasteiger partial charge is 0.327 e. The summed E-state index contributed by atoms with van der Waals surface area (Å²) in [5, 5.41) is 7.02. The normalized spacial score (nSPS) is 14.7. The van der Waals surface area contributed by atoms with Crippen molar-refractivity contribution in [2.24, 2.45) is 0 Å². The lowest BCUT2D eigenvalue weighted by molar-refractivity contribution is -0.148. The second-order valence-corrected chi connectivity index (χ2v) is 4.35. The van der Waals surface area contributed by atoms with Crippen LogP contribution in [0.3, 0.4) is 0 Å². The van der Waals surface area contributed by atoms with Gasteiger partial charge in [0, 0.05) is 6.20 Å². The van der Waals surface area contributed by atoms with E-state index in [4.69, 9.17) is 4.74 Å². The molecule has 0 saturated carbocycles. The molecule has 1 heterocycles. The number of rotatable bonds is 4. The SMILES string of the molecule is CNC(C)(Cn1cc(Br)cn1)C(=O)OC. The number of carbonyl (C=O) groups excluding carboxylic acids is 1. The molecule has 0 spiro atoms. The maximum absolute atomic E-state index is 11.5. The first-order valence-electron chi connectivity index (χ1n) is 4.47. The molecule has 0 bridgehead atoms. The molecule has 0 aliphatic carbocycles. The summed E-state index contributed by atoms with van der Waals surface area (Å²) >= 11 is 3.30. The van der Waals surface area contributed by atoms with Crippen LogP contribution in [0.4, 0.5) is 0 Å². The maximum atomic E-state index is 11.5. The minimum absolute atomic E-state index is 0.309. The fourth-order valence-electron chi connectivity index (χ4n) is 1.22. The van der Waals surface area contributed by atoms with Gasteiger partial charge in [0.2, 0.25) is 0 Å². The highest BCUT2D eigenvalue weighted by molar-refractivity contribution is 9.10. The van der Waals surface area contributed by atoms with E-state index in [9.17, 15) is 4.79 Å². The maximum Gasteiger partial charge on any atom is 0.327 e. The Morgan fingerprint density at radius 1 is 1.80 bits per heavy atom. The van der Waals surface area contributed by atoms with Gasteiger partial charge in [-0.15, -0.1) is 0 Å². The number of hydrogen-bond donors (Lipinski definition) is 1. The average Bonchev–Trinajstić information content (AvgIpc) is 2.62. The van der Waals surface area contributed by atoms with E-state index in [2.05, 4.69) is 26.3 Å². The summed E-state index contributed by atoms with van der Waals surface area (Å²) in [6, 6.07) is 0. The Morgan fingerprint density at radius 2 is 2.47 bits per heavy atom. The molecule has 84 valence electrons. The number of hydrogen-bond acceptors (Lipinski definition) is 4. The Bertz CT molecular complexity index is 353. The van der Waals surface area contributed by atoms with Gasteiger partial charge in [0.1, 0.15) is 5.54 Å². The first-order valence-corrected chi connectivity index (χ1v) is 5.26. The molecular weight excluding hydrogens is 262 g/mol. The lowest BCUT2D eigenvalue weighted by Crippen LogP contribution is -2.51. The number of methoxy groups -OCH3 is 1. The Labute approximate surface area is 96.9 Å². The Kier molecular flexibility index (Phi) is 3.87. The zero-order valence-corrected chi connectivity index (χ0v) is 10.5. The first kappa shape index (κ1) is 12.2. The van der Waals surface area contributed by atoms with E-state index in [1.165, 1.54) is 7.11 Å². The van der Waals surface area contributed by atoms with Crippen molar-refractivity contribution < 1.29 is 9.53 Å². The summed E-state index contributed by atoms with van der Waals surface area (Å²) in [7, 11) is 3.09. The van der Waals surface area contributed by atoms with Gasteiger partial charge in [0.05, 0.1) is 24.3 Å². The molecule has 1 N–H and O–H groups in total. The predicted molar refractivity (Wildman–Crippen MR) is 59.4 cm³/mol. The summed E-state index contributed by atoms with van der Waals surface area (Å²) in [6.07, 6.45) is 3.48. The van der Waals surface area contributed by atoms with Crippen molar-refractivity contribution in [2.75, 3.05) is 14.2 Å². The summed E-state index contributed by atoms with van der Waals surface area (Å²) in [4.78, 5) is 11.5. The molecule has 1 aromatic rings. The molecule has 1 aromatic heterocycles. The molecule has 0 fully saturated rings. The van der Waals surface area contributed by atoms with Crippen LogP contribution < -0.4 is 5.32 Å². The molecule has 1 atom stereocenters.